The molecule has 0 aromatic heterocycles. The second-order valence-corrected chi connectivity index (χ2v) is 9.85. The van der Waals surface area contributed by atoms with Crippen molar-refractivity contribution in [3.8, 4) is 6.07 Å². The molecular formula is C27H34N4O2. The molecule has 2 aromatic carbocycles. The van der Waals surface area contributed by atoms with E-state index in [0.29, 0.717) is 31.2 Å². The van der Waals surface area contributed by atoms with E-state index in [2.05, 4.69) is 45.0 Å². The largest absolute Gasteiger partial charge is 0.390 e. The van der Waals surface area contributed by atoms with E-state index in [1.54, 1.807) is 0 Å². The Kier molecular flexibility index (Phi) is 6.77. The van der Waals surface area contributed by atoms with Gasteiger partial charge in [-0.3, -0.25) is 14.7 Å². The maximum atomic E-state index is 11.3. The second-order valence-electron chi connectivity index (χ2n) is 9.85. The van der Waals surface area contributed by atoms with E-state index in [1.807, 2.05) is 24.3 Å². The minimum absolute atomic E-state index is 0.281. The molecule has 2 aliphatic heterocycles. The van der Waals surface area contributed by atoms with Gasteiger partial charge in [0.25, 0.3) is 0 Å². The van der Waals surface area contributed by atoms with Gasteiger partial charge in [0.1, 0.15) is 0 Å². The fraction of sp³-hybridized carbons (Fsp3) is 0.519. The normalized spacial score (nSPS) is 27.0. The second kappa shape index (κ2) is 9.92. The van der Waals surface area contributed by atoms with E-state index >= 15 is 0 Å². The fourth-order valence-electron chi connectivity index (χ4n) is 6.03. The average molecular weight is 447 g/mol. The number of β-amino-alcohol motifs (C(OH)–C–C–N with tert-alkyl or cyclic N) is 1. The first kappa shape index (κ1) is 22.5. The molecule has 6 heteroatoms. The van der Waals surface area contributed by atoms with E-state index in [9.17, 15) is 10.2 Å². The summed E-state index contributed by atoms with van der Waals surface area (Å²) in [5.74, 6) is 0. The Morgan fingerprint density at radius 1 is 0.939 bits per heavy atom. The molecule has 3 aliphatic rings. The molecule has 0 radical (unpaired) electrons. The highest BCUT2D eigenvalue weighted by atomic mass is 16.3. The van der Waals surface area contributed by atoms with Gasteiger partial charge in [0.2, 0.25) is 0 Å². The van der Waals surface area contributed by atoms with Crippen LogP contribution in [0.25, 0.3) is 0 Å². The fourth-order valence-corrected chi connectivity index (χ4v) is 6.03. The van der Waals surface area contributed by atoms with Crippen LogP contribution in [0.15, 0.2) is 48.5 Å². The lowest BCUT2D eigenvalue weighted by Gasteiger charge is -2.34. The predicted molar refractivity (Wildman–Crippen MR) is 127 cm³/mol. The van der Waals surface area contributed by atoms with Crippen molar-refractivity contribution in [2.75, 3.05) is 19.6 Å². The van der Waals surface area contributed by atoms with Crippen molar-refractivity contribution in [1.29, 1.82) is 5.26 Å². The maximum Gasteiger partial charge on any atom is 0.166 e. The van der Waals surface area contributed by atoms with Crippen LogP contribution >= 0.6 is 0 Å². The Morgan fingerprint density at radius 2 is 1.64 bits per heavy atom. The van der Waals surface area contributed by atoms with Crippen LogP contribution in [0.5, 0.6) is 0 Å². The van der Waals surface area contributed by atoms with E-state index in [1.165, 1.54) is 24.0 Å². The molecule has 0 amide bonds. The Hall–Kier alpha value is -2.27. The van der Waals surface area contributed by atoms with Crippen molar-refractivity contribution in [3.63, 3.8) is 0 Å². The number of nitriles is 1. The Balaban J connectivity index is 1.24. The number of rotatable bonds is 6. The lowest BCUT2D eigenvalue weighted by atomic mass is 9.90. The van der Waals surface area contributed by atoms with Gasteiger partial charge in [0, 0.05) is 44.8 Å². The van der Waals surface area contributed by atoms with Crippen LogP contribution < -0.4 is 0 Å². The minimum atomic E-state index is -0.689. The number of hydrogen-bond donors (Lipinski definition) is 2. The summed E-state index contributed by atoms with van der Waals surface area (Å²) in [6, 6.07) is 19.0. The van der Waals surface area contributed by atoms with Gasteiger partial charge in [-0.1, -0.05) is 49.2 Å². The van der Waals surface area contributed by atoms with Crippen molar-refractivity contribution >= 4 is 0 Å². The highest BCUT2D eigenvalue weighted by molar-refractivity contribution is 5.32. The van der Waals surface area contributed by atoms with Crippen molar-refractivity contribution in [2.45, 2.75) is 69.7 Å². The summed E-state index contributed by atoms with van der Waals surface area (Å²) in [5.41, 5.74) is 4.54. The highest BCUT2D eigenvalue weighted by Crippen LogP contribution is 2.36. The van der Waals surface area contributed by atoms with Gasteiger partial charge >= 0.3 is 0 Å². The molecule has 4 atom stereocenters. The third-order valence-electron chi connectivity index (χ3n) is 7.69. The molecule has 1 saturated carbocycles. The molecule has 1 aliphatic carbocycles. The van der Waals surface area contributed by atoms with Crippen LogP contribution in [-0.2, 0) is 19.5 Å². The summed E-state index contributed by atoms with van der Waals surface area (Å²) < 4.78 is 0. The Morgan fingerprint density at radius 3 is 2.36 bits per heavy atom. The van der Waals surface area contributed by atoms with Crippen molar-refractivity contribution in [2.24, 2.45) is 0 Å². The first-order valence-electron chi connectivity index (χ1n) is 12.3. The van der Waals surface area contributed by atoms with Crippen molar-refractivity contribution in [1.82, 2.24) is 14.7 Å². The molecule has 0 spiro atoms. The van der Waals surface area contributed by atoms with E-state index in [-0.39, 0.29) is 6.04 Å². The lowest BCUT2D eigenvalue weighted by molar-refractivity contribution is -0.0874. The molecule has 1 saturated heterocycles. The van der Waals surface area contributed by atoms with Crippen LogP contribution in [0, 0.1) is 11.3 Å². The smallest absolute Gasteiger partial charge is 0.166 e. The third-order valence-corrected chi connectivity index (χ3v) is 7.69. The van der Waals surface area contributed by atoms with Gasteiger partial charge in [-0.05, 0) is 48.1 Å². The Bertz CT molecular complexity index is 988. The SMILES string of the molecule is N#Cc1ccc(CN2C(O)N(CC(O)CN3CCc4ccccc4C3)[C@@H]3CCCC[C@@H]32)cc1. The molecule has 0 bridgehead atoms. The summed E-state index contributed by atoms with van der Waals surface area (Å²) in [6.45, 7) is 3.62. The van der Waals surface area contributed by atoms with Crippen molar-refractivity contribution < 1.29 is 10.2 Å². The summed E-state index contributed by atoms with van der Waals surface area (Å²) in [4.78, 5) is 6.66. The monoisotopic (exact) mass is 446 g/mol. The molecular weight excluding hydrogens is 412 g/mol. The zero-order valence-corrected chi connectivity index (χ0v) is 19.2. The number of hydrogen-bond acceptors (Lipinski definition) is 6. The molecule has 2 heterocycles. The van der Waals surface area contributed by atoms with Crippen molar-refractivity contribution in [3.05, 3.63) is 70.8 Å². The quantitative estimate of drug-likeness (QED) is 0.711. The van der Waals surface area contributed by atoms with E-state index in [0.717, 1.165) is 37.9 Å². The first-order chi connectivity index (χ1) is 16.1. The number of fused-ring (bicyclic) bond motifs is 2. The van der Waals surface area contributed by atoms with E-state index < -0.39 is 12.5 Å². The first-order valence-corrected chi connectivity index (χ1v) is 12.3. The van der Waals surface area contributed by atoms with Gasteiger partial charge in [0.15, 0.2) is 6.35 Å². The molecule has 5 rings (SSSR count). The highest BCUT2D eigenvalue weighted by Gasteiger charge is 2.47. The zero-order chi connectivity index (χ0) is 22.8. The molecule has 174 valence electrons. The molecule has 2 unspecified atom stereocenters. The standard InChI is InChI=1S/C27H34N4O2/c28-15-20-9-11-21(12-10-20)16-30-25-7-3-4-8-26(25)31(27(30)33)19-24(32)18-29-14-13-22-5-1-2-6-23(22)17-29/h1-2,5-6,9-12,24-27,32-33H,3-4,7-8,13-14,16-19H2/t24?,25-,26+,27?/m0/s1. The van der Waals surface area contributed by atoms with Crippen LogP contribution in [0.4, 0.5) is 0 Å². The number of nitrogens with zero attached hydrogens (tertiary/aromatic N) is 4. The molecule has 6 nitrogen and oxygen atoms in total. The summed E-state index contributed by atoms with van der Waals surface area (Å²) in [5, 5.41) is 31.4. The number of aliphatic hydroxyl groups excluding tert-OH is 2. The molecule has 33 heavy (non-hydrogen) atoms. The average Bonchev–Trinajstić information content (AvgIpc) is 3.10. The summed E-state index contributed by atoms with van der Waals surface area (Å²) >= 11 is 0. The van der Waals surface area contributed by atoms with Gasteiger partial charge < -0.3 is 10.2 Å². The predicted octanol–water partition coefficient (Wildman–Crippen LogP) is 2.68. The van der Waals surface area contributed by atoms with Crippen LogP contribution in [-0.4, -0.2) is 69.1 Å². The molecule has 2 N–H and O–H groups in total. The van der Waals surface area contributed by atoms with Crippen LogP contribution in [0.1, 0.15) is 47.9 Å². The Labute approximate surface area is 196 Å². The van der Waals surface area contributed by atoms with Gasteiger partial charge in [0.05, 0.1) is 17.7 Å². The topological polar surface area (TPSA) is 74.0 Å². The lowest BCUT2D eigenvalue weighted by Crippen LogP contribution is -2.48. The van der Waals surface area contributed by atoms with Gasteiger partial charge in [-0.15, -0.1) is 0 Å². The number of aliphatic hydroxyl groups is 2. The van der Waals surface area contributed by atoms with Crippen LogP contribution in [0.3, 0.4) is 0 Å². The maximum absolute atomic E-state index is 11.3. The summed E-state index contributed by atoms with van der Waals surface area (Å²) in [6.07, 6.45) is 4.34. The van der Waals surface area contributed by atoms with Gasteiger partial charge in [-0.2, -0.15) is 5.26 Å². The summed E-state index contributed by atoms with van der Waals surface area (Å²) in [7, 11) is 0. The molecule has 2 aromatic rings. The van der Waals surface area contributed by atoms with Gasteiger partial charge in [-0.25, -0.2) is 0 Å². The molecule has 2 fully saturated rings. The van der Waals surface area contributed by atoms with Crippen LogP contribution in [0.2, 0.25) is 0 Å². The van der Waals surface area contributed by atoms with E-state index in [4.69, 9.17) is 5.26 Å². The number of benzene rings is 2. The minimum Gasteiger partial charge on any atom is -0.390 e. The third kappa shape index (κ3) is 4.84. The zero-order valence-electron chi connectivity index (χ0n) is 19.2.